The number of carbonyl (C=O) groups excluding carboxylic acids is 2. The van der Waals surface area contributed by atoms with Gasteiger partial charge < -0.3 is 9.47 Å². The highest BCUT2D eigenvalue weighted by Gasteiger charge is 2.14. The summed E-state index contributed by atoms with van der Waals surface area (Å²) in [5, 5.41) is 0. The lowest BCUT2D eigenvalue weighted by Crippen LogP contribution is -2.16. The van der Waals surface area contributed by atoms with E-state index in [0.29, 0.717) is 0 Å². The second-order valence-electron chi connectivity index (χ2n) is 3.77. The maximum atomic E-state index is 11.5. The topological polar surface area (TPSA) is 52.6 Å². The number of halogens is 1. The van der Waals surface area contributed by atoms with Gasteiger partial charge in [-0.15, -0.1) is 0 Å². The first kappa shape index (κ1) is 16.2. The second-order valence-corrected chi connectivity index (χ2v) is 4.63. The van der Waals surface area contributed by atoms with E-state index < -0.39 is 11.9 Å². The van der Waals surface area contributed by atoms with Gasteiger partial charge in [-0.1, -0.05) is 13.8 Å². The van der Waals surface area contributed by atoms with E-state index in [0.717, 1.165) is 18.9 Å². The smallest absolute Gasteiger partial charge is 0.345 e. The Kier molecular flexibility index (Phi) is 7.87. The first-order valence-corrected chi connectivity index (χ1v) is 6.48. The van der Waals surface area contributed by atoms with Gasteiger partial charge in [0.15, 0.2) is 0 Å². The molecule has 0 bridgehead atoms. The van der Waals surface area contributed by atoms with Gasteiger partial charge in [-0.05, 0) is 42.6 Å². The minimum absolute atomic E-state index is 0.0751. The zero-order valence-electron chi connectivity index (χ0n) is 10.7. The highest BCUT2D eigenvalue weighted by atomic mass is 79.9. The maximum absolute atomic E-state index is 11.5. The summed E-state index contributed by atoms with van der Waals surface area (Å²) in [4.78, 5) is 22.8. The van der Waals surface area contributed by atoms with Crippen LogP contribution in [0.3, 0.4) is 0 Å². The van der Waals surface area contributed by atoms with Crippen LogP contribution in [0.25, 0.3) is 0 Å². The third kappa shape index (κ3) is 7.15. The standard InChI is InChI=1S/C12H19BrO4/c1-5-8(3)16-11(14)7-10(13)12(15)17-9(4)6-2/h7-9H,5-6H2,1-4H3/b10-7+. The van der Waals surface area contributed by atoms with E-state index in [4.69, 9.17) is 9.47 Å². The van der Waals surface area contributed by atoms with Gasteiger partial charge in [0.2, 0.25) is 0 Å². The van der Waals surface area contributed by atoms with E-state index in [1.54, 1.807) is 13.8 Å². The van der Waals surface area contributed by atoms with Crippen molar-refractivity contribution in [3.8, 4) is 0 Å². The van der Waals surface area contributed by atoms with Crippen LogP contribution in [-0.4, -0.2) is 24.1 Å². The van der Waals surface area contributed by atoms with Crippen LogP contribution in [-0.2, 0) is 19.1 Å². The molecular weight excluding hydrogens is 288 g/mol. The van der Waals surface area contributed by atoms with Crippen molar-refractivity contribution in [3.63, 3.8) is 0 Å². The average Bonchev–Trinajstić information content (AvgIpc) is 2.28. The highest BCUT2D eigenvalue weighted by Crippen LogP contribution is 2.11. The van der Waals surface area contributed by atoms with E-state index in [1.165, 1.54) is 0 Å². The third-order valence-electron chi connectivity index (χ3n) is 2.21. The molecule has 0 saturated heterocycles. The number of esters is 2. The van der Waals surface area contributed by atoms with Crippen LogP contribution in [0.5, 0.6) is 0 Å². The van der Waals surface area contributed by atoms with Crippen LogP contribution in [0.4, 0.5) is 0 Å². The zero-order valence-corrected chi connectivity index (χ0v) is 12.2. The Morgan fingerprint density at radius 1 is 1.12 bits per heavy atom. The first-order chi connectivity index (χ1) is 7.90. The van der Waals surface area contributed by atoms with Crippen LogP contribution in [0, 0.1) is 0 Å². The van der Waals surface area contributed by atoms with Crippen LogP contribution in [0.15, 0.2) is 10.6 Å². The Bertz CT molecular complexity index is 299. The Balaban J connectivity index is 4.32. The SMILES string of the molecule is CCC(C)OC(=O)/C=C(/Br)C(=O)OC(C)CC. The van der Waals surface area contributed by atoms with Crippen LogP contribution in [0.1, 0.15) is 40.5 Å². The molecule has 0 spiro atoms. The molecule has 17 heavy (non-hydrogen) atoms. The quantitative estimate of drug-likeness (QED) is 0.559. The summed E-state index contributed by atoms with van der Waals surface area (Å²) in [7, 11) is 0. The van der Waals surface area contributed by atoms with E-state index in [-0.39, 0.29) is 16.7 Å². The van der Waals surface area contributed by atoms with Crippen molar-refractivity contribution >= 4 is 27.9 Å². The minimum Gasteiger partial charge on any atom is -0.459 e. The molecule has 5 heteroatoms. The molecule has 0 aromatic carbocycles. The monoisotopic (exact) mass is 306 g/mol. The molecule has 0 radical (unpaired) electrons. The van der Waals surface area contributed by atoms with Gasteiger partial charge in [0.25, 0.3) is 0 Å². The number of hydrogen-bond donors (Lipinski definition) is 0. The van der Waals surface area contributed by atoms with Crippen molar-refractivity contribution in [2.24, 2.45) is 0 Å². The Morgan fingerprint density at radius 3 is 2.06 bits per heavy atom. The highest BCUT2D eigenvalue weighted by molar-refractivity contribution is 9.12. The van der Waals surface area contributed by atoms with Crippen LogP contribution in [0.2, 0.25) is 0 Å². The summed E-state index contributed by atoms with van der Waals surface area (Å²) in [6.07, 6.45) is 2.22. The van der Waals surface area contributed by atoms with Gasteiger partial charge in [0.1, 0.15) is 4.48 Å². The molecule has 0 saturated carbocycles. The zero-order chi connectivity index (χ0) is 13.4. The molecule has 0 aliphatic rings. The predicted molar refractivity (Wildman–Crippen MR) is 68.7 cm³/mol. The van der Waals surface area contributed by atoms with Gasteiger partial charge in [-0.25, -0.2) is 9.59 Å². The number of rotatable bonds is 6. The van der Waals surface area contributed by atoms with E-state index >= 15 is 0 Å². The third-order valence-corrected chi connectivity index (χ3v) is 2.77. The summed E-state index contributed by atoms with van der Waals surface area (Å²) >= 11 is 3.00. The maximum Gasteiger partial charge on any atom is 0.345 e. The van der Waals surface area contributed by atoms with Gasteiger partial charge in [0.05, 0.1) is 12.2 Å². The van der Waals surface area contributed by atoms with E-state index in [9.17, 15) is 9.59 Å². The Hall–Kier alpha value is -0.840. The summed E-state index contributed by atoms with van der Waals surface area (Å²) in [6.45, 7) is 7.40. The number of carbonyl (C=O) groups is 2. The van der Waals surface area contributed by atoms with Crippen molar-refractivity contribution in [1.82, 2.24) is 0 Å². The van der Waals surface area contributed by atoms with Crippen LogP contribution < -0.4 is 0 Å². The first-order valence-electron chi connectivity index (χ1n) is 5.69. The fraction of sp³-hybridized carbons (Fsp3) is 0.667. The lowest BCUT2D eigenvalue weighted by atomic mass is 10.3. The fourth-order valence-electron chi connectivity index (χ4n) is 0.800. The fourth-order valence-corrected chi connectivity index (χ4v) is 1.08. The average molecular weight is 307 g/mol. The molecule has 0 amide bonds. The molecule has 4 nitrogen and oxygen atoms in total. The molecule has 2 unspecified atom stereocenters. The van der Waals surface area contributed by atoms with Gasteiger partial charge >= 0.3 is 11.9 Å². The Labute approximate surface area is 110 Å². The molecule has 2 atom stereocenters. The molecule has 0 aromatic heterocycles. The van der Waals surface area contributed by atoms with E-state index in [1.807, 2.05) is 13.8 Å². The molecule has 98 valence electrons. The molecule has 0 fully saturated rings. The lowest BCUT2D eigenvalue weighted by Gasteiger charge is -2.11. The van der Waals surface area contributed by atoms with E-state index in [2.05, 4.69) is 15.9 Å². The summed E-state index contributed by atoms with van der Waals surface area (Å²) in [6, 6.07) is 0. The van der Waals surface area contributed by atoms with Crippen molar-refractivity contribution in [1.29, 1.82) is 0 Å². The van der Waals surface area contributed by atoms with Crippen molar-refractivity contribution in [2.45, 2.75) is 52.7 Å². The molecule has 0 aliphatic heterocycles. The largest absolute Gasteiger partial charge is 0.459 e. The summed E-state index contributed by atoms with van der Waals surface area (Å²) < 4.78 is 10.1. The van der Waals surface area contributed by atoms with Crippen LogP contribution >= 0.6 is 15.9 Å². The van der Waals surface area contributed by atoms with Crippen molar-refractivity contribution in [3.05, 3.63) is 10.6 Å². The van der Waals surface area contributed by atoms with Gasteiger partial charge in [-0.3, -0.25) is 0 Å². The predicted octanol–water partition coefficient (Wildman–Crippen LogP) is 2.95. The minimum atomic E-state index is -0.555. The molecule has 0 N–H and O–H groups in total. The normalized spacial score (nSPS) is 15.0. The van der Waals surface area contributed by atoms with Gasteiger partial charge in [-0.2, -0.15) is 0 Å². The second kappa shape index (κ2) is 8.28. The number of ether oxygens (including phenoxy) is 2. The summed E-state index contributed by atoms with van der Waals surface area (Å²) in [5.74, 6) is -1.10. The number of hydrogen-bond acceptors (Lipinski definition) is 4. The molecule has 0 aromatic rings. The van der Waals surface area contributed by atoms with Gasteiger partial charge in [0, 0.05) is 6.08 Å². The molecular formula is C12H19BrO4. The molecule has 0 aliphatic carbocycles. The van der Waals surface area contributed by atoms with Crippen molar-refractivity contribution < 1.29 is 19.1 Å². The van der Waals surface area contributed by atoms with Crippen molar-refractivity contribution in [2.75, 3.05) is 0 Å². The lowest BCUT2D eigenvalue weighted by molar-refractivity contribution is -0.145. The molecule has 0 heterocycles. The Morgan fingerprint density at radius 2 is 1.59 bits per heavy atom. The molecule has 0 rings (SSSR count). The summed E-state index contributed by atoms with van der Waals surface area (Å²) in [5.41, 5.74) is 0.